The number of nitrogens with zero attached hydrogens (tertiary/aromatic N) is 4. The summed E-state index contributed by atoms with van der Waals surface area (Å²) in [5.74, 6) is 0.838. The second kappa shape index (κ2) is 9.10. The number of aliphatic hydroxyl groups excluding tert-OH is 2. The van der Waals surface area contributed by atoms with Gasteiger partial charge in [0.2, 0.25) is 6.79 Å². The van der Waals surface area contributed by atoms with Gasteiger partial charge < -0.3 is 24.8 Å². The normalized spacial score (nSPS) is 26.9. The number of benzene rings is 2. The van der Waals surface area contributed by atoms with Crippen LogP contribution in [0, 0.1) is 36.3 Å². The number of non-ortho nitro benzene ring substituents is 1. The Morgan fingerprint density at radius 3 is 2.14 bits per heavy atom. The molecular formula is C22H22N4O11. The van der Waals surface area contributed by atoms with Gasteiger partial charge in [0, 0.05) is 18.5 Å². The summed E-state index contributed by atoms with van der Waals surface area (Å²) in [6.07, 6.45) is 0.531. The van der Waals surface area contributed by atoms with Crippen molar-refractivity contribution in [2.75, 3.05) is 13.3 Å². The molecule has 2 fully saturated rings. The van der Waals surface area contributed by atoms with Gasteiger partial charge in [0.1, 0.15) is 0 Å². The molecule has 3 N–H and O–H groups in total. The molecule has 4 aliphatic rings. The number of phenolic OH excluding ortho intramolecular Hbond substituents is 1. The zero-order chi connectivity index (χ0) is 26.6. The molecule has 37 heavy (non-hydrogen) atoms. The summed E-state index contributed by atoms with van der Waals surface area (Å²) in [4.78, 5) is 30.2. The van der Waals surface area contributed by atoms with E-state index in [1.807, 2.05) is 6.07 Å². The molecule has 6 rings (SSSR count). The fourth-order valence-electron chi connectivity index (χ4n) is 5.81. The predicted octanol–water partition coefficient (Wildman–Crippen LogP) is 1.95. The lowest BCUT2D eigenvalue weighted by Gasteiger charge is -2.47. The number of phenols is 1. The highest BCUT2D eigenvalue weighted by Crippen LogP contribution is 2.51. The van der Waals surface area contributed by atoms with Crippen molar-refractivity contribution in [3.8, 4) is 17.2 Å². The number of fused-ring (bicyclic) bond motifs is 3. The van der Waals surface area contributed by atoms with Crippen LogP contribution < -0.4 is 9.47 Å². The van der Waals surface area contributed by atoms with Crippen LogP contribution >= 0.6 is 0 Å². The summed E-state index contributed by atoms with van der Waals surface area (Å²) in [5, 5.41) is 61.0. The fourth-order valence-corrected chi connectivity index (χ4v) is 5.81. The van der Waals surface area contributed by atoms with Crippen LogP contribution in [0.3, 0.4) is 0 Å². The minimum Gasteiger partial charge on any atom is -0.497 e. The topological polar surface area (TPSA) is 212 Å². The van der Waals surface area contributed by atoms with Gasteiger partial charge in [0.15, 0.2) is 11.5 Å². The van der Waals surface area contributed by atoms with Gasteiger partial charge in [-0.25, -0.2) is 0 Å². The zero-order valence-corrected chi connectivity index (χ0v) is 19.1. The first-order chi connectivity index (χ1) is 17.6. The molecule has 2 aromatic carbocycles. The van der Waals surface area contributed by atoms with Gasteiger partial charge in [-0.1, -0.05) is 0 Å². The lowest BCUT2D eigenvalue weighted by Crippen LogP contribution is -2.53. The van der Waals surface area contributed by atoms with Crippen molar-refractivity contribution in [2.24, 2.45) is 5.92 Å². The van der Waals surface area contributed by atoms with E-state index < -0.39 is 49.8 Å². The molecule has 2 unspecified atom stereocenters. The van der Waals surface area contributed by atoms with Crippen LogP contribution in [0.4, 0.5) is 17.1 Å². The first kappa shape index (κ1) is 24.6. The smallest absolute Gasteiger partial charge is 0.324 e. The Morgan fingerprint density at radius 1 is 0.919 bits per heavy atom. The molecule has 15 nitrogen and oxygen atoms in total. The number of nitro benzene ring substituents is 3. The van der Waals surface area contributed by atoms with Crippen molar-refractivity contribution < 1.29 is 39.6 Å². The average Bonchev–Trinajstić information content (AvgIpc) is 3.47. The summed E-state index contributed by atoms with van der Waals surface area (Å²) in [5.41, 5.74) is -0.661. The van der Waals surface area contributed by atoms with Crippen LogP contribution in [0.5, 0.6) is 17.2 Å². The van der Waals surface area contributed by atoms with E-state index in [-0.39, 0.29) is 12.7 Å². The molecular weight excluding hydrogens is 496 g/mol. The highest BCUT2D eigenvalue weighted by Gasteiger charge is 2.52. The van der Waals surface area contributed by atoms with E-state index in [4.69, 9.17) is 14.6 Å². The molecule has 0 bridgehead atoms. The molecule has 0 aromatic heterocycles. The molecule has 3 aliphatic heterocycles. The third-order valence-electron chi connectivity index (χ3n) is 7.39. The average molecular weight is 518 g/mol. The number of hydrogen-bond acceptors (Lipinski definition) is 12. The van der Waals surface area contributed by atoms with Crippen molar-refractivity contribution >= 4 is 17.1 Å². The van der Waals surface area contributed by atoms with Crippen molar-refractivity contribution in [1.82, 2.24) is 4.90 Å². The van der Waals surface area contributed by atoms with E-state index in [1.165, 1.54) is 5.56 Å². The van der Waals surface area contributed by atoms with Crippen molar-refractivity contribution in [3.63, 3.8) is 0 Å². The second-order valence-electron chi connectivity index (χ2n) is 9.34. The summed E-state index contributed by atoms with van der Waals surface area (Å²) >= 11 is 0. The van der Waals surface area contributed by atoms with Gasteiger partial charge in [-0.3, -0.25) is 35.2 Å². The van der Waals surface area contributed by atoms with Crippen LogP contribution in [0.15, 0.2) is 24.3 Å². The fraction of sp³-hybridized carbons (Fsp3) is 0.455. The van der Waals surface area contributed by atoms with E-state index in [0.29, 0.717) is 24.1 Å². The van der Waals surface area contributed by atoms with Crippen molar-refractivity contribution in [2.45, 2.75) is 43.6 Å². The summed E-state index contributed by atoms with van der Waals surface area (Å²) in [6, 6.07) is 5.33. The van der Waals surface area contributed by atoms with Crippen LogP contribution in [0.2, 0.25) is 0 Å². The largest absolute Gasteiger partial charge is 0.497 e. The number of ether oxygens (including phenoxy) is 2. The van der Waals surface area contributed by atoms with Crippen molar-refractivity contribution in [1.29, 1.82) is 0 Å². The Balaban J connectivity index is 0.000000159. The van der Waals surface area contributed by atoms with Crippen LogP contribution in [-0.4, -0.2) is 66.6 Å². The van der Waals surface area contributed by atoms with Gasteiger partial charge in [0.05, 0.1) is 39.1 Å². The van der Waals surface area contributed by atoms with E-state index in [9.17, 15) is 40.6 Å². The second-order valence-corrected chi connectivity index (χ2v) is 9.34. The standard InChI is InChI=1S/C16H19NO4.C6H3N3O7/c18-11-3-8-1-2-17-6-9-4-12-13(21-7-20-12)5-10(9)14(15(8)17)16(11)19;10-6-4(8(13)14)1-3(7(11)12)2-5(6)9(15)16/h4-5,8,11,14-16,18-19H,1-3,6-7H2;1-2,10H/t8?,11-,14-,15?,16-;/m0./s1. The Morgan fingerprint density at radius 2 is 1.54 bits per heavy atom. The number of rotatable bonds is 3. The monoisotopic (exact) mass is 518 g/mol. The molecule has 0 radical (unpaired) electrons. The lowest BCUT2D eigenvalue weighted by atomic mass is 9.68. The first-order valence-electron chi connectivity index (χ1n) is 11.4. The highest BCUT2D eigenvalue weighted by molar-refractivity contribution is 5.64. The number of aliphatic hydroxyl groups is 2. The molecule has 5 atom stereocenters. The van der Waals surface area contributed by atoms with Gasteiger partial charge >= 0.3 is 11.4 Å². The van der Waals surface area contributed by atoms with Crippen molar-refractivity contribution in [3.05, 3.63) is 65.7 Å². The molecule has 0 amide bonds. The molecule has 1 aliphatic carbocycles. The van der Waals surface area contributed by atoms with Gasteiger partial charge in [-0.05, 0) is 48.6 Å². The maximum absolute atomic E-state index is 10.6. The van der Waals surface area contributed by atoms with E-state index in [2.05, 4.69) is 11.0 Å². The minimum atomic E-state index is -1.21. The number of aromatic hydroxyl groups is 1. The Kier molecular flexibility index (Phi) is 6.05. The lowest BCUT2D eigenvalue weighted by molar-refractivity contribution is -0.404. The summed E-state index contributed by atoms with van der Waals surface area (Å²) < 4.78 is 11.0. The highest BCUT2D eigenvalue weighted by atomic mass is 16.7. The molecule has 196 valence electrons. The molecule has 1 saturated heterocycles. The maximum Gasteiger partial charge on any atom is 0.324 e. The molecule has 0 spiro atoms. The van der Waals surface area contributed by atoms with Gasteiger partial charge in [-0.2, -0.15) is 0 Å². The first-order valence-corrected chi connectivity index (χ1v) is 11.4. The number of nitro groups is 3. The summed E-state index contributed by atoms with van der Waals surface area (Å²) in [6.45, 7) is 2.23. The third kappa shape index (κ3) is 4.16. The van der Waals surface area contributed by atoms with Gasteiger partial charge in [-0.15, -0.1) is 0 Å². The Labute approximate surface area is 207 Å². The third-order valence-corrected chi connectivity index (χ3v) is 7.39. The minimum absolute atomic E-state index is 0.0144. The quantitative estimate of drug-likeness (QED) is 0.393. The molecule has 15 heteroatoms. The molecule has 3 heterocycles. The predicted molar refractivity (Wildman–Crippen MR) is 122 cm³/mol. The number of hydrogen-bond donors (Lipinski definition) is 3. The van der Waals surface area contributed by atoms with E-state index >= 15 is 0 Å². The van der Waals surface area contributed by atoms with E-state index in [0.717, 1.165) is 43.0 Å². The zero-order valence-electron chi connectivity index (χ0n) is 19.1. The molecule has 2 aromatic rings. The van der Waals surface area contributed by atoms with Crippen LogP contribution in [-0.2, 0) is 6.54 Å². The Bertz CT molecular complexity index is 1270. The van der Waals surface area contributed by atoms with E-state index in [1.54, 1.807) is 0 Å². The summed E-state index contributed by atoms with van der Waals surface area (Å²) in [7, 11) is 0. The molecule has 1 saturated carbocycles. The maximum atomic E-state index is 10.6. The van der Waals surface area contributed by atoms with Crippen LogP contribution in [0.25, 0.3) is 0 Å². The van der Waals surface area contributed by atoms with Crippen LogP contribution in [0.1, 0.15) is 29.9 Å². The van der Waals surface area contributed by atoms with Gasteiger partial charge in [0.25, 0.3) is 11.4 Å². The Hall–Kier alpha value is -4.08. The SMILES string of the molecule is O=[N+]([O-])c1cc([N+](=O)[O-])c(O)c([N+](=O)[O-])c1.O[C@H]1[C@@H](O)CC2CCN3Cc4cc5c(cc4[C@H]1C23)OCO5.